The SMILES string of the molecule is COc1cccc(C2(CNCC(C)C)CC=CC2)c1. The molecule has 1 aromatic carbocycles. The lowest BCUT2D eigenvalue weighted by Crippen LogP contribution is -2.37. The van der Waals surface area contributed by atoms with E-state index in [0.29, 0.717) is 5.92 Å². The fourth-order valence-corrected chi connectivity index (χ4v) is 2.74. The molecule has 0 heterocycles. The first-order chi connectivity index (χ1) is 9.16. The molecule has 0 amide bonds. The summed E-state index contributed by atoms with van der Waals surface area (Å²) < 4.78 is 5.36. The first-order valence-corrected chi connectivity index (χ1v) is 7.16. The summed E-state index contributed by atoms with van der Waals surface area (Å²) in [5.74, 6) is 1.64. The van der Waals surface area contributed by atoms with Crippen LogP contribution in [-0.4, -0.2) is 20.2 Å². The molecule has 0 fully saturated rings. The van der Waals surface area contributed by atoms with Crippen LogP contribution in [0.1, 0.15) is 32.3 Å². The Balaban J connectivity index is 2.14. The summed E-state index contributed by atoms with van der Waals surface area (Å²) in [6, 6.07) is 8.52. The van der Waals surface area contributed by atoms with E-state index in [1.54, 1.807) is 7.11 Å². The Kier molecular flexibility index (Phi) is 4.65. The number of allylic oxidation sites excluding steroid dienone is 2. The van der Waals surface area contributed by atoms with Gasteiger partial charge in [0.05, 0.1) is 7.11 Å². The predicted octanol–water partition coefficient (Wildman–Crippen LogP) is 3.53. The Morgan fingerprint density at radius 2 is 2.00 bits per heavy atom. The third-order valence-corrected chi connectivity index (χ3v) is 3.88. The Morgan fingerprint density at radius 3 is 2.63 bits per heavy atom. The number of nitrogens with one attached hydrogen (secondary N) is 1. The van der Waals surface area contributed by atoms with Crippen LogP contribution in [-0.2, 0) is 5.41 Å². The molecule has 1 N–H and O–H groups in total. The zero-order valence-corrected chi connectivity index (χ0v) is 12.3. The van der Waals surface area contributed by atoms with Gasteiger partial charge >= 0.3 is 0 Å². The fraction of sp³-hybridized carbons (Fsp3) is 0.529. The van der Waals surface area contributed by atoms with Crippen LogP contribution < -0.4 is 10.1 Å². The maximum absolute atomic E-state index is 5.36. The maximum atomic E-state index is 5.36. The minimum Gasteiger partial charge on any atom is -0.497 e. The van der Waals surface area contributed by atoms with Crippen molar-refractivity contribution >= 4 is 0 Å². The second-order valence-electron chi connectivity index (χ2n) is 5.92. The summed E-state index contributed by atoms with van der Waals surface area (Å²) in [5, 5.41) is 3.62. The molecular formula is C17H25NO. The van der Waals surface area contributed by atoms with Crippen LogP contribution in [0.3, 0.4) is 0 Å². The molecule has 2 rings (SSSR count). The number of hydrogen-bond donors (Lipinski definition) is 1. The number of hydrogen-bond acceptors (Lipinski definition) is 2. The highest BCUT2D eigenvalue weighted by atomic mass is 16.5. The highest BCUT2D eigenvalue weighted by Gasteiger charge is 2.32. The van der Waals surface area contributed by atoms with E-state index < -0.39 is 0 Å². The highest BCUT2D eigenvalue weighted by molar-refractivity contribution is 5.37. The Morgan fingerprint density at radius 1 is 1.26 bits per heavy atom. The zero-order chi connectivity index (χ0) is 13.7. The molecular weight excluding hydrogens is 234 g/mol. The molecule has 2 heteroatoms. The van der Waals surface area contributed by atoms with Crippen LogP contribution in [0, 0.1) is 5.92 Å². The number of methoxy groups -OCH3 is 1. The summed E-state index contributed by atoms with van der Waals surface area (Å²) >= 11 is 0. The minimum absolute atomic E-state index is 0.212. The molecule has 0 bridgehead atoms. The lowest BCUT2D eigenvalue weighted by molar-refractivity contribution is 0.392. The van der Waals surface area contributed by atoms with E-state index >= 15 is 0 Å². The van der Waals surface area contributed by atoms with Crippen molar-refractivity contribution in [1.29, 1.82) is 0 Å². The van der Waals surface area contributed by atoms with Gasteiger partial charge in [0.15, 0.2) is 0 Å². The van der Waals surface area contributed by atoms with Crippen molar-refractivity contribution in [3.63, 3.8) is 0 Å². The second-order valence-corrected chi connectivity index (χ2v) is 5.92. The molecule has 0 radical (unpaired) electrons. The van der Waals surface area contributed by atoms with Gasteiger partial charge in [0.1, 0.15) is 5.75 Å². The monoisotopic (exact) mass is 259 g/mol. The summed E-state index contributed by atoms with van der Waals surface area (Å²) in [7, 11) is 1.73. The van der Waals surface area contributed by atoms with Crippen molar-refractivity contribution in [3.8, 4) is 5.75 Å². The van der Waals surface area contributed by atoms with Gasteiger partial charge in [-0.1, -0.05) is 38.1 Å². The first-order valence-electron chi connectivity index (χ1n) is 7.16. The van der Waals surface area contributed by atoms with E-state index in [2.05, 4.69) is 49.5 Å². The molecule has 1 aliphatic rings. The zero-order valence-electron chi connectivity index (χ0n) is 12.3. The van der Waals surface area contributed by atoms with Gasteiger partial charge in [0.25, 0.3) is 0 Å². The summed E-state index contributed by atoms with van der Waals surface area (Å²) in [4.78, 5) is 0. The van der Waals surface area contributed by atoms with Crippen molar-refractivity contribution in [2.45, 2.75) is 32.1 Å². The van der Waals surface area contributed by atoms with Gasteiger partial charge in [-0.3, -0.25) is 0 Å². The molecule has 0 aromatic heterocycles. The van der Waals surface area contributed by atoms with Crippen LogP contribution in [0.4, 0.5) is 0 Å². The van der Waals surface area contributed by atoms with E-state index in [1.165, 1.54) is 5.56 Å². The molecule has 0 saturated carbocycles. The van der Waals surface area contributed by atoms with Crippen molar-refractivity contribution in [2.75, 3.05) is 20.2 Å². The average Bonchev–Trinajstić information content (AvgIpc) is 2.88. The average molecular weight is 259 g/mol. The molecule has 104 valence electrons. The van der Waals surface area contributed by atoms with E-state index in [9.17, 15) is 0 Å². The molecule has 1 aliphatic carbocycles. The van der Waals surface area contributed by atoms with E-state index in [-0.39, 0.29) is 5.41 Å². The van der Waals surface area contributed by atoms with E-state index in [1.807, 2.05) is 6.07 Å². The Hall–Kier alpha value is -1.28. The third-order valence-electron chi connectivity index (χ3n) is 3.88. The maximum Gasteiger partial charge on any atom is 0.119 e. The summed E-state index contributed by atoms with van der Waals surface area (Å²) in [5.41, 5.74) is 1.59. The first kappa shape index (κ1) is 14.1. The van der Waals surface area contributed by atoms with Gasteiger partial charge in [-0.2, -0.15) is 0 Å². The molecule has 0 saturated heterocycles. The van der Waals surface area contributed by atoms with Crippen molar-refractivity contribution in [1.82, 2.24) is 5.32 Å². The van der Waals surface area contributed by atoms with Crippen molar-refractivity contribution < 1.29 is 4.74 Å². The van der Waals surface area contributed by atoms with Gasteiger partial charge in [0.2, 0.25) is 0 Å². The standard InChI is InChI=1S/C17H25NO/c1-14(2)12-18-13-17(9-4-5-10-17)15-7-6-8-16(11-15)19-3/h4-8,11,14,18H,9-10,12-13H2,1-3H3. The number of rotatable bonds is 6. The third kappa shape index (κ3) is 3.38. The van der Waals surface area contributed by atoms with Crippen molar-refractivity contribution in [3.05, 3.63) is 42.0 Å². The smallest absolute Gasteiger partial charge is 0.119 e. The molecule has 0 unspecified atom stereocenters. The Labute approximate surface area is 116 Å². The summed E-state index contributed by atoms with van der Waals surface area (Å²) in [6.45, 7) is 6.60. The number of benzene rings is 1. The lowest BCUT2D eigenvalue weighted by Gasteiger charge is -2.31. The molecule has 0 atom stereocenters. The van der Waals surface area contributed by atoms with Crippen LogP contribution in [0.15, 0.2) is 36.4 Å². The molecule has 0 aliphatic heterocycles. The predicted molar refractivity (Wildman–Crippen MR) is 80.8 cm³/mol. The van der Waals surface area contributed by atoms with Gasteiger partial charge in [-0.05, 0) is 43.0 Å². The van der Waals surface area contributed by atoms with Crippen LogP contribution in [0.5, 0.6) is 5.75 Å². The van der Waals surface area contributed by atoms with Gasteiger partial charge in [-0.15, -0.1) is 0 Å². The molecule has 19 heavy (non-hydrogen) atoms. The van der Waals surface area contributed by atoms with E-state index in [4.69, 9.17) is 4.74 Å². The van der Waals surface area contributed by atoms with Gasteiger partial charge in [0, 0.05) is 12.0 Å². The van der Waals surface area contributed by atoms with E-state index in [0.717, 1.165) is 31.7 Å². The van der Waals surface area contributed by atoms with Crippen LogP contribution in [0.2, 0.25) is 0 Å². The highest BCUT2D eigenvalue weighted by Crippen LogP contribution is 2.37. The van der Waals surface area contributed by atoms with Gasteiger partial charge in [-0.25, -0.2) is 0 Å². The largest absolute Gasteiger partial charge is 0.497 e. The molecule has 2 nitrogen and oxygen atoms in total. The number of ether oxygens (including phenoxy) is 1. The molecule has 0 spiro atoms. The fourth-order valence-electron chi connectivity index (χ4n) is 2.74. The normalized spacial score (nSPS) is 17.1. The van der Waals surface area contributed by atoms with Crippen LogP contribution in [0.25, 0.3) is 0 Å². The lowest BCUT2D eigenvalue weighted by atomic mass is 9.78. The van der Waals surface area contributed by atoms with Crippen molar-refractivity contribution in [2.24, 2.45) is 5.92 Å². The topological polar surface area (TPSA) is 21.3 Å². The molecule has 1 aromatic rings. The minimum atomic E-state index is 0.212. The quantitative estimate of drug-likeness (QED) is 0.789. The second kappa shape index (κ2) is 6.25. The van der Waals surface area contributed by atoms with Gasteiger partial charge < -0.3 is 10.1 Å². The summed E-state index contributed by atoms with van der Waals surface area (Å²) in [6.07, 6.45) is 6.84. The van der Waals surface area contributed by atoms with Crippen LogP contribution >= 0.6 is 0 Å². The Bertz CT molecular complexity index is 429.